The molecule has 3 rings (SSSR count). The summed E-state index contributed by atoms with van der Waals surface area (Å²) < 4.78 is 10.4. The normalized spacial score (nSPS) is 24.2. The minimum absolute atomic E-state index is 0.268. The highest BCUT2D eigenvalue weighted by Crippen LogP contribution is 2.50. The topological polar surface area (TPSA) is 38.7 Å². The number of benzene rings is 2. The second-order valence-corrected chi connectivity index (χ2v) is 7.20. The van der Waals surface area contributed by atoms with E-state index in [4.69, 9.17) is 9.47 Å². The lowest BCUT2D eigenvalue weighted by Crippen LogP contribution is -2.20. The van der Waals surface area contributed by atoms with Crippen molar-refractivity contribution in [2.75, 3.05) is 14.2 Å². The molecule has 0 aromatic heterocycles. The quantitative estimate of drug-likeness (QED) is 0.903. The zero-order valence-corrected chi connectivity index (χ0v) is 14.3. The average molecular weight is 330 g/mol. The van der Waals surface area contributed by atoms with Crippen LogP contribution in [0.25, 0.3) is 0 Å². The minimum atomic E-state index is -0.268. The van der Waals surface area contributed by atoms with Gasteiger partial charge < -0.3 is 14.6 Å². The first-order valence-corrected chi connectivity index (χ1v) is 8.75. The number of rotatable bonds is 4. The Balaban J connectivity index is 1.77. The molecule has 1 N–H and O–H groups in total. The third kappa shape index (κ3) is 3.82. The van der Waals surface area contributed by atoms with Crippen LogP contribution in [0.1, 0.15) is 34.5 Å². The van der Waals surface area contributed by atoms with E-state index < -0.39 is 0 Å². The van der Waals surface area contributed by atoms with Crippen molar-refractivity contribution in [1.82, 2.24) is 0 Å². The number of ether oxygens (including phenoxy) is 2. The highest BCUT2D eigenvalue weighted by atomic mass is 32.2. The number of hydrogen-bond acceptors (Lipinski definition) is 4. The van der Waals surface area contributed by atoms with Crippen molar-refractivity contribution in [1.29, 1.82) is 0 Å². The lowest BCUT2D eigenvalue weighted by atomic mass is 9.99. The second kappa shape index (κ2) is 7.28. The van der Waals surface area contributed by atoms with E-state index in [1.807, 2.05) is 36.0 Å². The molecule has 23 heavy (non-hydrogen) atoms. The van der Waals surface area contributed by atoms with Crippen LogP contribution in [-0.2, 0) is 0 Å². The van der Waals surface area contributed by atoms with Gasteiger partial charge in [0.2, 0.25) is 0 Å². The van der Waals surface area contributed by atoms with Crippen LogP contribution in [0.3, 0.4) is 0 Å². The van der Waals surface area contributed by atoms with Crippen molar-refractivity contribution in [3.05, 3.63) is 59.7 Å². The van der Waals surface area contributed by atoms with E-state index in [0.717, 1.165) is 24.3 Å². The van der Waals surface area contributed by atoms with Crippen LogP contribution in [0.2, 0.25) is 0 Å². The summed E-state index contributed by atoms with van der Waals surface area (Å²) in [6.07, 6.45) is 1.32. The highest BCUT2D eigenvalue weighted by molar-refractivity contribution is 7.99. The number of aliphatic hydroxyl groups excluding tert-OH is 1. The van der Waals surface area contributed by atoms with Crippen LogP contribution in [0.5, 0.6) is 11.5 Å². The molecule has 0 amide bonds. The van der Waals surface area contributed by atoms with E-state index in [1.165, 1.54) is 11.1 Å². The monoisotopic (exact) mass is 330 g/mol. The summed E-state index contributed by atoms with van der Waals surface area (Å²) in [6, 6.07) is 16.3. The van der Waals surface area contributed by atoms with E-state index in [0.29, 0.717) is 10.5 Å². The molecule has 0 radical (unpaired) electrons. The molecule has 1 aliphatic heterocycles. The van der Waals surface area contributed by atoms with Gasteiger partial charge in [-0.05, 0) is 48.2 Å². The van der Waals surface area contributed by atoms with Crippen molar-refractivity contribution < 1.29 is 14.6 Å². The molecule has 2 aromatic carbocycles. The first kappa shape index (κ1) is 16.2. The third-order valence-electron chi connectivity index (χ3n) is 4.28. The van der Waals surface area contributed by atoms with Crippen molar-refractivity contribution in [2.24, 2.45) is 0 Å². The molecule has 4 heteroatoms. The maximum Gasteiger partial charge on any atom is 0.118 e. The Kier molecular flexibility index (Phi) is 5.13. The smallest absolute Gasteiger partial charge is 0.118 e. The SMILES string of the molecule is COc1ccc(C2CC(O)CC(c3ccc(OC)cc3)S2)cc1. The molecule has 1 saturated heterocycles. The van der Waals surface area contributed by atoms with Crippen LogP contribution in [0.15, 0.2) is 48.5 Å². The fraction of sp³-hybridized carbons (Fsp3) is 0.368. The summed E-state index contributed by atoms with van der Waals surface area (Å²) in [7, 11) is 3.35. The summed E-state index contributed by atoms with van der Waals surface area (Å²) in [5, 5.41) is 10.9. The first-order chi connectivity index (χ1) is 11.2. The summed E-state index contributed by atoms with van der Waals surface area (Å²) in [5.74, 6) is 1.73. The van der Waals surface area contributed by atoms with Crippen LogP contribution >= 0.6 is 11.8 Å². The maximum atomic E-state index is 10.3. The van der Waals surface area contributed by atoms with Gasteiger partial charge in [-0.1, -0.05) is 24.3 Å². The van der Waals surface area contributed by atoms with Crippen molar-refractivity contribution in [3.63, 3.8) is 0 Å². The summed E-state index contributed by atoms with van der Waals surface area (Å²) in [6.45, 7) is 0. The van der Waals surface area contributed by atoms with Crippen molar-refractivity contribution in [2.45, 2.75) is 29.4 Å². The van der Waals surface area contributed by atoms with Gasteiger partial charge in [-0.2, -0.15) is 0 Å². The molecule has 2 unspecified atom stereocenters. The molecule has 0 bridgehead atoms. The zero-order chi connectivity index (χ0) is 16.2. The van der Waals surface area contributed by atoms with Gasteiger partial charge in [-0.3, -0.25) is 0 Å². The lowest BCUT2D eigenvalue weighted by Gasteiger charge is -2.33. The van der Waals surface area contributed by atoms with Gasteiger partial charge in [0.05, 0.1) is 20.3 Å². The summed E-state index contributed by atoms with van der Waals surface area (Å²) >= 11 is 1.93. The van der Waals surface area contributed by atoms with Crippen molar-refractivity contribution >= 4 is 11.8 Å². The van der Waals surface area contributed by atoms with Gasteiger partial charge in [-0.25, -0.2) is 0 Å². The number of methoxy groups -OCH3 is 2. The zero-order valence-electron chi connectivity index (χ0n) is 13.4. The van der Waals surface area contributed by atoms with E-state index in [9.17, 15) is 5.11 Å². The Bertz CT molecular complexity index is 569. The Morgan fingerprint density at radius 2 is 1.17 bits per heavy atom. The molecule has 1 heterocycles. The molecule has 0 spiro atoms. The predicted molar refractivity (Wildman–Crippen MR) is 94.3 cm³/mol. The second-order valence-electron chi connectivity index (χ2n) is 5.78. The Labute approximate surface area is 141 Å². The minimum Gasteiger partial charge on any atom is -0.497 e. The molecule has 0 saturated carbocycles. The Hall–Kier alpha value is -1.65. The molecular weight excluding hydrogens is 308 g/mol. The fourth-order valence-corrected chi connectivity index (χ4v) is 4.66. The molecular formula is C19H22O3S. The van der Waals surface area contributed by atoms with Crippen molar-refractivity contribution in [3.8, 4) is 11.5 Å². The van der Waals surface area contributed by atoms with Gasteiger partial charge in [0.1, 0.15) is 11.5 Å². The third-order valence-corrected chi connectivity index (χ3v) is 5.86. The molecule has 1 aliphatic rings. The molecule has 0 aliphatic carbocycles. The van der Waals surface area contributed by atoms with E-state index in [2.05, 4.69) is 24.3 Å². The number of hydrogen-bond donors (Lipinski definition) is 1. The Morgan fingerprint density at radius 1 is 0.783 bits per heavy atom. The lowest BCUT2D eigenvalue weighted by molar-refractivity contribution is 0.148. The van der Waals surface area contributed by atoms with E-state index >= 15 is 0 Å². The average Bonchev–Trinajstić information content (AvgIpc) is 2.61. The number of aliphatic hydroxyl groups is 1. The van der Waals surface area contributed by atoms with Gasteiger partial charge in [-0.15, -0.1) is 11.8 Å². The Morgan fingerprint density at radius 3 is 1.52 bits per heavy atom. The highest BCUT2D eigenvalue weighted by Gasteiger charge is 2.30. The molecule has 2 atom stereocenters. The van der Waals surface area contributed by atoms with Crippen LogP contribution in [-0.4, -0.2) is 25.4 Å². The van der Waals surface area contributed by atoms with Crippen LogP contribution in [0.4, 0.5) is 0 Å². The largest absolute Gasteiger partial charge is 0.497 e. The number of thioether (sulfide) groups is 1. The summed E-state index contributed by atoms with van der Waals surface area (Å²) in [5.41, 5.74) is 2.49. The predicted octanol–water partition coefficient (Wildman–Crippen LogP) is 4.37. The van der Waals surface area contributed by atoms with E-state index in [1.54, 1.807) is 14.2 Å². The van der Waals surface area contributed by atoms with E-state index in [-0.39, 0.29) is 6.10 Å². The molecule has 1 fully saturated rings. The van der Waals surface area contributed by atoms with Crippen LogP contribution < -0.4 is 9.47 Å². The first-order valence-electron chi connectivity index (χ1n) is 7.81. The molecule has 122 valence electrons. The molecule has 2 aromatic rings. The van der Waals surface area contributed by atoms with Gasteiger partial charge >= 0.3 is 0 Å². The van der Waals surface area contributed by atoms with Gasteiger partial charge in [0.25, 0.3) is 0 Å². The fourth-order valence-electron chi connectivity index (χ4n) is 2.97. The van der Waals surface area contributed by atoms with Gasteiger partial charge in [0.15, 0.2) is 0 Å². The van der Waals surface area contributed by atoms with Crippen LogP contribution in [0, 0.1) is 0 Å². The summed E-state index contributed by atoms with van der Waals surface area (Å²) in [4.78, 5) is 0. The molecule has 3 nitrogen and oxygen atoms in total. The maximum absolute atomic E-state index is 10.3. The van der Waals surface area contributed by atoms with Gasteiger partial charge in [0, 0.05) is 10.5 Å². The standard InChI is InChI=1S/C19H22O3S/c1-21-16-7-3-13(4-8-16)18-11-15(20)12-19(23-18)14-5-9-17(22-2)10-6-14/h3-10,15,18-20H,11-12H2,1-2H3.